The molecular weight excluding hydrogens is 234 g/mol. The molecule has 0 aliphatic carbocycles. The molecule has 0 aromatic heterocycles. The lowest BCUT2D eigenvalue weighted by molar-refractivity contribution is 0.367. The Bertz CT molecular complexity index is 567. The van der Waals surface area contributed by atoms with Gasteiger partial charge in [0.2, 0.25) is 0 Å². The van der Waals surface area contributed by atoms with E-state index in [1.807, 2.05) is 18.1 Å². The van der Waals surface area contributed by atoms with Crippen LogP contribution in [0.2, 0.25) is 0 Å². The van der Waals surface area contributed by atoms with Gasteiger partial charge >= 0.3 is 0 Å². The highest BCUT2D eigenvalue weighted by atomic mass is 15.4. The number of benzene rings is 1. The molecule has 1 aromatic rings. The Labute approximate surface area is 115 Å². The Morgan fingerprint density at radius 2 is 1.63 bits per heavy atom. The lowest BCUT2D eigenvalue weighted by Crippen LogP contribution is -2.35. The van der Waals surface area contributed by atoms with Crippen molar-refractivity contribution in [2.75, 3.05) is 11.9 Å². The van der Waals surface area contributed by atoms with Gasteiger partial charge in [-0.15, -0.1) is 0 Å². The third kappa shape index (κ3) is 1.98. The molecule has 0 fully saturated rings. The SMILES string of the molecule is Cc1cc(C)c(C)c(N2C=C(C#N)N(C)[C@@H]2C)c1C. The van der Waals surface area contributed by atoms with Crippen LogP contribution in [0.3, 0.4) is 0 Å². The standard InChI is InChI=1S/C16H21N3/c1-10-7-11(2)13(4)16(12(10)3)19-9-15(8-17)18(6)14(19)5/h7,9,14H,1-6H3/t14-/m0/s1. The first-order valence-corrected chi connectivity index (χ1v) is 6.59. The Morgan fingerprint density at radius 1 is 1.11 bits per heavy atom. The molecule has 1 aliphatic heterocycles. The van der Waals surface area contributed by atoms with E-state index < -0.39 is 0 Å². The van der Waals surface area contributed by atoms with Crippen LogP contribution in [0, 0.1) is 39.0 Å². The van der Waals surface area contributed by atoms with Gasteiger partial charge in [0.25, 0.3) is 0 Å². The summed E-state index contributed by atoms with van der Waals surface area (Å²) < 4.78 is 0. The van der Waals surface area contributed by atoms with Crippen LogP contribution < -0.4 is 4.90 Å². The summed E-state index contributed by atoms with van der Waals surface area (Å²) in [5.41, 5.74) is 7.13. The third-order valence-corrected chi connectivity index (χ3v) is 4.30. The molecule has 0 radical (unpaired) electrons. The molecule has 0 saturated carbocycles. The highest BCUT2D eigenvalue weighted by molar-refractivity contribution is 5.67. The van der Waals surface area contributed by atoms with Crippen molar-refractivity contribution in [3.05, 3.63) is 40.2 Å². The van der Waals surface area contributed by atoms with Gasteiger partial charge in [0.05, 0.1) is 0 Å². The van der Waals surface area contributed by atoms with E-state index in [-0.39, 0.29) is 6.17 Å². The molecule has 0 saturated heterocycles. The van der Waals surface area contributed by atoms with Crippen LogP contribution >= 0.6 is 0 Å². The van der Waals surface area contributed by atoms with Crippen LogP contribution in [0.5, 0.6) is 0 Å². The van der Waals surface area contributed by atoms with Crippen molar-refractivity contribution in [1.29, 1.82) is 5.26 Å². The summed E-state index contributed by atoms with van der Waals surface area (Å²) >= 11 is 0. The number of nitrogens with zero attached hydrogens (tertiary/aromatic N) is 3. The van der Waals surface area contributed by atoms with Crippen molar-refractivity contribution in [1.82, 2.24) is 4.90 Å². The van der Waals surface area contributed by atoms with E-state index in [4.69, 9.17) is 0 Å². The fraction of sp³-hybridized carbons (Fsp3) is 0.438. The van der Waals surface area contributed by atoms with Crippen LogP contribution in [0.15, 0.2) is 18.0 Å². The summed E-state index contributed by atoms with van der Waals surface area (Å²) in [6.07, 6.45) is 2.13. The molecule has 0 amide bonds. The minimum Gasteiger partial charge on any atom is -0.344 e. The first kappa shape index (κ1) is 13.5. The van der Waals surface area contributed by atoms with Gasteiger partial charge in [0.15, 0.2) is 0 Å². The minimum atomic E-state index is 0.174. The predicted octanol–water partition coefficient (Wildman–Crippen LogP) is 3.38. The van der Waals surface area contributed by atoms with Crippen LogP contribution in [0.1, 0.15) is 29.2 Å². The highest BCUT2D eigenvalue weighted by Gasteiger charge is 2.29. The minimum absolute atomic E-state index is 0.174. The molecule has 0 bridgehead atoms. The molecule has 19 heavy (non-hydrogen) atoms. The largest absolute Gasteiger partial charge is 0.344 e. The van der Waals surface area contributed by atoms with Gasteiger partial charge in [0, 0.05) is 18.9 Å². The van der Waals surface area contributed by atoms with E-state index in [1.165, 1.54) is 27.9 Å². The number of rotatable bonds is 1. The van der Waals surface area contributed by atoms with Crippen LogP contribution in [-0.4, -0.2) is 18.1 Å². The van der Waals surface area contributed by atoms with Crippen LogP contribution in [0.25, 0.3) is 0 Å². The molecule has 1 atom stereocenters. The second kappa shape index (κ2) is 4.62. The van der Waals surface area contributed by atoms with E-state index in [0.717, 1.165) is 0 Å². The van der Waals surface area contributed by atoms with E-state index >= 15 is 0 Å². The normalized spacial score (nSPS) is 18.6. The first-order valence-electron chi connectivity index (χ1n) is 6.59. The molecule has 100 valence electrons. The summed E-state index contributed by atoms with van der Waals surface area (Å²) in [4.78, 5) is 4.22. The summed E-state index contributed by atoms with van der Waals surface area (Å²) in [6, 6.07) is 4.49. The second-order valence-electron chi connectivity index (χ2n) is 5.39. The number of anilines is 1. The second-order valence-corrected chi connectivity index (χ2v) is 5.39. The molecule has 0 spiro atoms. The number of aryl methyl sites for hydroxylation is 2. The fourth-order valence-electron chi connectivity index (χ4n) is 2.66. The maximum absolute atomic E-state index is 9.18. The van der Waals surface area contributed by atoms with Crippen molar-refractivity contribution < 1.29 is 0 Å². The molecule has 1 aromatic carbocycles. The van der Waals surface area contributed by atoms with Crippen molar-refractivity contribution in [2.24, 2.45) is 0 Å². The summed E-state index contributed by atoms with van der Waals surface area (Å²) in [5.74, 6) is 0. The molecule has 0 N–H and O–H groups in total. The molecule has 1 aliphatic rings. The summed E-state index contributed by atoms with van der Waals surface area (Å²) in [7, 11) is 1.97. The lowest BCUT2D eigenvalue weighted by Gasteiger charge is -2.31. The zero-order chi connectivity index (χ0) is 14.3. The molecular formula is C16H21N3. The monoisotopic (exact) mass is 255 g/mol. The smallest absolute Gasteiger partial charge is 0.134 e. The maximum atomic E-state index is 9.18. The van der Waals surface area contributed by atoms with Crippen molar-refractivity contribution in [3.63, 3.8) is 0 Å². The molecule has 3 nitrogen and oxygen atoms in total. The number of nitriles is 1. The van der Waals surface area contributed by atoms with Gasteiger partial charge in [-0.3, -0.25) is 0 Å². The first-order chi connectivity index (χ1) is 8.88. The van der Waals surface area contributed by atoms with Crippen LogP contribution in [-0.2, 0) is 0 Å². The van der Waals surface area contributed by atoms with Crippen molar-refractivity contribution >= 4 is 5.69 Å². The maximum Gasteiger partial charge on any atom is 0.134 e. The Morgan fingerprint density at radius 3 is 2.05 bits per heavy atom. The number of allylic oxidation sites excluding steroid dienone is 1. The Balaban J connectivity index is 2.61. The van der Waals surface area contributed by atoms with Crippen LogP contribution in [0.4, 0.5) is 5.69 Å². The van der Waals surface area contributed by atoms with Crippen molar-refractivity contribution in [2.45, 2.75) is 40.8 Å². The molecule has 2 rings (SSSR count). The topological polar surface area (TPSA) is 30.3 Å². The van der Waals surface area contributed by atoms with Crippen molar-refractivity contribution in [3.8, 4) is 6.07 Å². The fourth-order valence-corrected chi connectivity index (χ4v) is 2.66. The third-order valence-electron chi connectivity index (χ3n) is 4.30. The predicted molar refractivity (Wildman–Crippen MR) is 78.8 cm³/mol. The average Bonchev–Trinajstić information content (AvgIpc) is 2.65. The molecule has 3 heteroatoms. The molecule has 1 heterocycles. The molecule has 0 unspecified atom stereocenters. The van der Waals surface area contributed by atoms with Gasteiger partial charge in [-0.05, 0) is 56.9 Å². The Hall–Kier alpha value is -1.95. The zero-order valence-corrected chi connectivity index (χ0v) is 12.6. The number of hydrogen-bond acceptors (Lipinski definition) is 3. The van der Waals surface area contributed by atoms with Gasteiger partial charge in [-0.25, -0.2) is 0 Å². The summed E-state index contributed by atoms with van der Waals surface area (Å²) in [6.45, 7) is 10.7. The van der Waals surface area contributed by atoms with E-state index in [0.29, 0.717) is 5.70 Å². The highest BCUT2D eigenvalue weighted by Crippen LogP contribution is 2.35. The Kier molecular flexibility index (Phi) is 3.28. The van der Waals surface area contributed by atoms with Gasteiger partial charge in [-0.1, -0.05) is 6.07 Å². The van der Waals surface area contributed by atoms with Gasteiger partial charge in [-0.2, -0.15) is 5.26 Å². The quantitative estimate of drug-likeness (QED) is 0.770. The van der Waals surface area contributed by atoms with Gasteiger partial charge < -0.3 is 9.80 Å². The van der Waals surface area contributed by atoms with E-state index in [1.54, 1.807) is 0 Å². The zero-order valence-electron chi connectivity index (χ0n) is 12.6. The average molecular weight is 255 g/mol. The number of hydrogen-bond donors (Lipinski definition) is 0. The van der Waals surface area contributed by atoms with E-state index in [2.05, 4.69) is 51.7 Å². The van der Waals surface area contributed by atoms with E-state index in [9.17, 15) is 5.26 Å². The lowest BCUT2D eigenvalue weighted by atomic mass is 9.98. The van der Waals surface area contributed by atoms with Gasteiger partial charge in [0.1, 0.15) is 17.9 Å². The summed E-state index contributed by atoms with van der Waals surface area (Å²) in [5, 5.41) is 9.18.